The summed E-state index contributed by atoms with van der Waals surface area (Å²) >= 11 is 6.38. The molecular weight excluding hydrogens is 567 g/mol. The number of nitrogens with zero attached hydrogens (tertiary/aromatic N) is 7. The Morgan fingerprint density at radius 3 is 2.34 bits per heavy atom. The van der Waals surface area contributed by atoms with Crippen molar-refractivity contribution in [2.45, 2.75) is 13.1 Å². The molecule has 0 atom stereocenters. The van der Waals surface area contributed by atoms with Crippen molar-refractivity contribution in [3.63, 3.8) is 0 Å². The van der Waals surface area contributed by atoms with E-state index in [0.29, 0.717) is 27.2 Å². The number of anilines is 2. The van der Waals surface area contributed by atoms with Crippen molar-refractivity contribution in [2.24, 2.45) is 14.1 Å². The van der Waals surface area contributed by atoms with E-state index in [9.17, 15) is 22.8 Å². The topological polar surface area (TPSA) is 133 Å². The molecule has 2 N–H and O–H groups in total. The van der Waals surface area contributed by atoms with Gasteiger partial charge in [-0.2, -0.15) is 28.5 Å². The number of aromatic nitrogens is 7. The fourth-order valence-corrected chi connectivity index (χ4v) is 4.30. The smallest absolute Gasteiger partial charge is 0.433 e. The molecule has 0 unspecified atom stereocenters. The molecule has 2 amide bonds. The second-order valence-electron chi connectivity index (χ2n) is 8.86. The lowest BCUT2D eigenvalue weighted by Crippen LogP contribution is -2.21. The van der Waals surface area contributed by atoms with E-state index in [4.69, 9.17) is 16.3 Å². The Labute approximate surface area is 234 Å². The van der Waals surface area contributed by atoms with Crippen LogP contribution >= 0.6 is 11.6 Å². The fourth-order valence-electron chi connectivity index (χ4n) is 4.05. The first-order chi connectivity index (χ1) is 19.4. The van der Waals surface area contributed by atoms with Gasteiger partial charge in [-0.05, 0) is 25.1 Å². The normalized spacial score (nSPS) is 11.6. The van der Waals surface area contributed by atoms with Gasteiger partial charge in [0.1, 0.15) is 16.5 Å². The minimum absolute atomic E-state index is 0.0225. The quantitative estimate of drug-likeness (QED) is 0.302. The van der Waals surface area contributed by atoms with Gasteiger partial charge in [0.25, 0.3) is 11.8 Å². The van der Waals surface area contributed by atoms with E-state index in [1.807, 2.05) is 0 Å². The lowest BCUT2D eigenvalue weighted by Gasteiger charge is -2.11. The number of hydrogen-bond donors (Lipinski definition) is 2. The Morgan fingerprint density at radius 1 is 1.00 bits per heavy atom. The van der Waals surface area contributed by atoms with Crippen LogP contribution in [-0.4, -0.2) is 53.1 Å². The molecule has 4 heterocycles. The van der Waals surface area contributed by atoms with Crippen LogP contribution in [0.25, 0.3) is 16.9 Å². The Bertz CT molecular complexity index is 1820. The van der Waals surface area contributed by atoms with Gasteiger partial charge in [0.15, 0.2) is 17.0 Å². The number of benzene rings is 1. The predicted molar refractivity (Wildman–Crippen MR) is 142 cm³/mol. The Morgan fingerprint density at radius 2 is 1.68 bits per heavy atom. The summed E-state index contributed by atoms with van der Waals surface area (Å²) in [6.07, 6.45) is -2.19. The molecule has 41 heavy (non-hydrogen) atoms. The van der Waals surface area contributed by atoms with Gasteiger partial charge in [0.05, 0.1) is 42.3 Å². The van der Waals surface area contributed by atoms with Gasteiger partial charge in [-0.3, -0.25) is 19.0 Å². The molecule has 16 heteroatoms. The van der Waals surface area contributed by atoms with Crippen LogP contribution in [0.4, 0.5) is 24.5 Å². The van der Waals surface area contributed by atoms with Crippen LogP contribution in [0.1, 0.15) is 32.4 Å². The van der Waals surface area contributed by atoms with E-state index in [1.54, 1.807) is 36.9 Å². The minimum atomic E-state index is -4.86. The highest BCUT2D eigenvalue weighted by Crippen LogP contribution is 2.35. The molecule has 0 aliphatic heterocycles. The number of nitrogens with one attached hydrogen (secondary N) is 2. The number of ether oxygens (including phenoxy) is 1. The summed E-state index contributed by atoms with van der Waals surface area (Å²) < 4.78 is 50.7. The zero-order valence-corrected chi connectivity index (χ0v) is 22.7. The zero-order chi connectivity index (χ0) is 29.6. The van der Waals surface area contributed by atoms with Gasteiger partial charge >= 0.3 is 6.18 Å². The Balaban J connectivity index is 1.52. The molecule has 4 aromatic heterocycles. The third kappa shape index (κ3) is 5.06. The van der Waals surface area contributed by atoms with Crippen molar-refractivity contribution in [3.8, 4) is 17.0 Å². The second-order valence-corrected chi connectivity index (χ2v) is 9.24. The lowest BCUT2D eigenvalue weighted by atomic mass is 10.1. The molecule has 0 aliphatic carbocycles. The molecular formula is C25H21ClF3N9O3. The first kappa shape index (κ1) is 27.6. The van der Waals surface area contributed by atoms with E-state index in [-0.39, 0.29) is 22.7 Å². The predicted octanol–water partition coefficient (Wildman–Crippen LogP) is 4.36. The van der Waals surface area contributed by atoms with E-state index >= 15 is 0 Å². The molecule has 1 aromatic carbocycles. The summed E-state index contributed by atoms with van der Waals surface area (Å²) in [6, 6.07) is 7.10. The highest BCUT2D eigenvalue weighted by atomic mass is 35.5. The monoisotopic (exact) mass is 587 g/mol. The van der Waals surface area contributed by atoms with Crippen molar-refractivity contribution in [2.75, 3.05) is 17.7 Å². The number of carbonyl (C=O) groups is 2. The highest BCUT2D eigenvalue weighted by molar-refractivity contribution is 6.37. The van der Waals surface area contributed by atoms with Gasteiger partial charge in [0, 0.05) is 19.7 Å². The summed E-state index contributed by atoms with van der Waals surface area (Å²) in [6.45, 7) is 1.75. The number of halogens is 4. The van der Waals surface area contributed by atoms with Crippen LogP contribution in [0.2, 0.25) is 5.02 Å². The summed E-state index contributed by atoms with van der Waals surface area (Å²) in [4.78, 5) is 30.5. The summed E-state index contributed by atoms with van der Waals surface area (Å²) in [5, 5.41) is 16.7. The average molecular weight is 588 g/mol. The number of alkyl halides is 3. The first-order valence-electron chi connectivity index (χ1n) is 11.8. The van der Waals surface area contributed by atoms with E-state index in [0.717, 1.165) is 6.07 Å². The number of hydrogen-bond acceptors (Lipinski definition) is 7. The minimum Gasteiger partial charge on any atom is -0.497 e. The third-order valence-corrected chi connectivity index (χ3v) is 6.64. The van der Waals surface area contributed by atoms with Crippen molar-refractivity contribution in [3.05, 3.63) is 70.5 Å². The molecule has 0 aliphatic rings. The molecule has 0 spiro atoms. The maximum Gasteiger partial charge on any atom is 0.433 e. The first-order valence-corrected chi connectivity index (χ1v) is 12.2. The molecule has 0 radical (unpaired) electrons. The molecule has 0 fully saturated rings. The van der Waals surface area contributed by atoms with E-state index in [1.165, 1.54) is 37.3 Å². The fraction of sp³-hybridized carbons (Fsp3) is 0.200. The maximum absolute atomic E-state index is 14.1. The number of methoxy groups -OCH3 is 1. The molecule has 12 nitrogen and oxygen atoms in total. The molecule has 212 valence electrons. The number of amides is 2. The van der Waals surface area contributed by atoms with Crippen LogP contribution in [0.5, 0.6) is 5.75 Å². The lowest BCUT2D eigenvalue weighted by molar-refractivity contribution is -0.142. The van der Waals surface area contributed by atoms with Gasteiger partial charge in [0.2, 0.25) is 0 Å². The number of rotatable bonds is 6. The summed E-state index contributed by atoms with van der Waals surface area (Å²) in [7, 11) is 4.61. The molecule has 0 bridgehead atoms. The largest absolute Gasteiger partial charge is 0.497 e. The Kier molecular flexibility index (Phi) is 6.90. The van der Waals surface area contributed by atoms with Crippen LogP contribution in [0.15, 0.2) is 42.7 Å². The van der Waals surface area contributed by atoms with Gasteiger partial charge < -0.3 is 15.4 Å². The molecule has 5 aromatic rings. The van der Waals surface area contributed by atoms with Gasteiger partial charge in [-0.15, -0.1) is 0 Å². The van der Waals surface area contributed by atoms with Gasteiger partial charge in [-0.25, -0.2) is 9.50 Å². The summed E-state index contributed by atoms with van der Waals surface area (Å²) in [5.74, 6) is -1.18. The van der Waals surface area contributed by atoms with Crippen LogP contribution in [-0.2, 0) is 20.3 Å². The SMILES string of the molecule is COc1cccc(-c2cc(C(F)(F)F)n3nc(C(=O)Nc4cnn(C)c4C(=O)Nc4cnn(C)c4C)c(Cl)c3n2)c1. The number of carbonyl (C=O) groups excluding carboxylic acids is 2. The number of aryl methyl sites for hydroxylation is 2. The van der Waals surface area contributed by atoms with E-state index in [2.05, 4.69) is 30.9 Å². The van der Waals surface area contributed by atoms with Crippen LogP contribution < -0.4 is 15.4 Å². The standard InChI is InChI=1S/C25H21ClF3N9O3/c1-12-16(10-30-36(12)2)33-24(40)21-17(11-31-37(21)3)34-23(39)20-19(26)22-32-15(13-6-5-7-14(8-13)41-4)9-18(25(27,28)29)38(22)35-20/h5-11H,1-4H3,(H,33,40)(H,34,39). The molecule has 5 rings (SSSR count). The van der Waals surface area contributed by atoms with Crippen LogP contribution in [0.3, 0.4) is 0 Å². The Hall–Kier alpha value is -4.92. The van der Waals surface area contributed by atoms with Crippen LogP contribution in [0, 0.1) is 6.92 Å². The maximum atomic E-state index is 14.1. The summed E-state index contributed by atoms with van der Waals surface area (Å²) in [5.41, 5.74) is -0.784. The van der Waals surface area contributed by atoms with Crippen molar-refractivity contribution in [1.29, 1.82) is 0 Å². The second kappa shape index (κ2) is 10.2. The highest BCUT2D eigenvalue weighted by Gasteiger charge is 2.37. The zero-order valence-electron chi connectivity index (χ0n) is 21.9. The van der Waals surface area contributed by atoms with Crippen molar-refractivity contribution in [1.82, 2.24) is 34.2 Å². The van der Waals surface area contributed by atoms with E-state index < -0.39 is 34.4 Å². The molecule has 0 saturated carbocycles. The van der Waals surface area contributed by atoms with Gasteiger partial charge in [-0.1, -0.05) is 23.7 Å². The van der Waals surface area contributed by atoms with Crippen molar-refractivity contribution >= 4 is 40.4 Å². The average Bonchev–Trinajstić information content (AvgIpc) is 3.58. The third-order valence-electron chi connectivity index (χ3n) is 6.29. The number of fused-ring (bicyclic) bond motifs is 1. The molecule has 0 saturated heterocycles. The van der Waals surface area contributed by atoms with Crippen molar-refractivity contribution < 1.29 is 27.5 Å².